The number of rotatable bonds is 6. The van der Waals surface area contributed by atoms with E-state index in [0.717, 1.165) is 32.3 Å². The van der Waals surface area contributed by atoms with Gasteiger partial charge in [-0.05, 0) is 44.6 Å². The lowest BCUT2D eigenvalue weighted by molar-refractivity contribution is -0.149. The zero-order valence-corrected chi connectivity index (χ0v) is 12.3. The van der Waals surface area contributed by atoms with Crippen molar-refractivity contribution < 1.29 is 14.3 Å². The minimum absolute atomic E-state index is 0.105. The van der Waals surface area contributed by atoms with Crippen LogP contribution in [0.1, 0.15) is 43.2 Å². The summed E-state index contributed by atoms with van der Waals surface area (Å²) in [6, 6.07) is 8.45. The van der Waals surface area contributed by atoms with Gasteiger partial charge in [0.15, 0.2) is 0 Å². The molecule has 1 saturated heterocycles. The molecule has 1 aromatic rings. The average molecular weight is 276 g/mol. The Morgan fingerprint density at radius 3 is 2.80 bits per heavy atom. The van der Waals surface area contributed by atoms with Gasteiger partial charge in [-0.15, -0.1) is 0 Å². The van der Waals surface area contributed by atoms with Gasteiger partial charge in [0.1, 0.15) is 6.61 Å². The predicted molar refractivity (Wildman–Crippen MR) is 78.7 cm³/mol. The molecule has 1 aliphatic heterocycles. The van der Waals surface area contributed by atoms with E-state index in [1.165, 1.54) is 17.5 Å². The number of hydrogen-bond donors (Lipinski definition) is 0. The number of esters is 1. The molecule has 0 aliphatic carbocycles. The molecule has 0 bridgehead atoms. The molecule has 1 atom stereocenters. The second kappa shape index (κ2) is 8.05. The Hall–Kier alpha value is -1.35. The van der Waals surface area contributed by atoms with Crippen molar-refractivity contribution in [1.82, 2.24) is 0 Å². The molecule has 110 valence electrons. The second-order valence-corrected chi connectivity index (χ2v) is 5.51. The van der Waals surface area contributed by atoms with Crippen LogP contribution in [0.3, 0.4) is 0 Å². The van der Waals surface area contributed by atoms with E-state index in [9.17, 15) is 4.79 Å². The monoisotopic (exact) mass is 276 g/mol. The van der Waals surface area contributed by atoms with Crippen LogP contribution in [-0.4, -0.2) is 25.3 Å². The summed E-state index contributed by atoms with van der Waals surface area (Å²) >= 11 is 0. The minimum Gasteiger partial charge on any atom is -0.463 e. The molecule has 0 spiro atoms. The minimum atomic E-state index is -0.105. The van der Waals surface area contributed by atoms with Crippen molar-refractivity contribution in [3.05, 3.63) is 35.4 Å². The number of hydrogen-bond acceptors (Lipinski definition) is 3. The summed E-state index contributed by atoms with van der Waals surface area (Å²) < 4.78 is 10.8. The molecule has 1 fully saturated rings. The maximum atomic E-state index is 11.7. The quantitative estimate of drug-likeness (QED) is 0.747. The molecule has 0 radical (unpaired) electrons. The summed E-state index contributed by atoms with van der Waals surface area (Å²) in [5, 5.41) is 0. The van der Waals surface area contributed by atoms with Crippen LogP contribution in [0, 0.1) is 6.92 Å². The first-order valence-electron chi connectivity index (χ1n) is 7.57. The van der Waals surface area contributed by atoms with Gasteiger partial charge >= 0.3 is 5.97 Å². The van der Waals surface area contributed by atoms with E-state index in [1.807, 2.05) is 0 Å². The maximum Gasteiger partial charge on any atom is 0.305 e. The Bertz CT molecular complexity index is 405. The molecule has 1 aromatic carbocycles. The van der Waals surface area contributed by atoms with Crippen LogP contribution >= 0.6 is 0 Å². The van der Waals surface area contributed by atoms with Gasteiger partial charge in [0.2, 0.25) is 0 Å². The Morgan fingerprint density at radius 1 is 1.30 bits per heavy atom. The summed E-state index contributed by atoms with van der Waals surface area (Å²) in [5.74, 6) is -0.105. The van der Waals surface area contributed by atoms with E-state index in [4.69, 9.17) is 9.47 Å². The van der Waals surface area contributed by atoms with Crippen molar-refractivity contribution in [2.45, 2.75) is 51.6 Å². The van der Waals surface area contributed by atoms with Crippen molar-refractivity contribution in [2.24, 2.45) is 0 Å². The average Bonchev–Trinajstić information content (AvgIpc) is 2.48. The molecule has 0 amide bonds. The number of aryl methyl sites for hydroxylation is 2. The zero-order valence-electron chi connectivity index (χ0n) is 12.3. The molecule has 1 unspecified atom stereocenters. The van der Waals surface area contributed by atoms with Crippen LogP contribution in [0.5, 0.6) is 0 Å². The van der Waals surface area contributed by atoms with Crippen LogP contribution in [0.15, 0.2) is 24.3 Å². The van der Waals surface area contributed by atoms with Crippen molar-refractivity contribution in [1.29, 1.82) is 0 Å². The van der Waals surface area contributed by atoms with Gasteiger partial charge in [-0.2, -0.15) is 0 Å². The SMILES string of the molecule is Cc1ccc(CCCC(=O)OCC2CCCCO2)cc1. The van der Waals surface area contributed by atoms with E-state index < -0.39 is 0 Å². The van der Waals surface area contributed by atoms with Gasteiger partial charge in [-0.25, -0.2) is 0 Å². The van der Waals surface area contributed by atoms with Crippen molar-refractivity contribution in [3.63, 3.8) is 0 Å². The van der Waals surface area contributed by atoms with Crippen LogP contribution in [-0.2, 0) is 20.7 Å². The lowest BCUT2D eigenvalue weighted by Crippen LogP contribution is -2.25. The molecule has 3 heteroatoms. The van der Waals surface area contributed by atoms with Gasteiger partial charge in [-0.1, -0.05) is 29.8 Å². The third kappa shape index (κ3) is 5.33. The van der Waals surface area contributed by atoms with Crippen LogP contribution < -0.4 is 0 Å². The second-order valence-electron chi connectivity index (χ2n) is 5.51. The Kier molecular flexibility index (Phi) is 6.06. The van der Waals surface area contributed by atoms with Gasteiger partial charge in [-0.3, -0.25) is 4.79 Å². The predicted octanol–water partition coefficient (Wildman–Crippen LogP) is 3.43. The summed E-state index contributed by atoms with van der Waals surface area (Å²) in [5.41, 5.74) is 2.54. The molecule has 2 rings (SSSR count). The number of carbonyl (C=O) groups is 1. The first-order valence-corrected chi connectivity index (χ1v) is 7.57. The number of carbonyl (C=O) groups excluding carboxylic acids is 1. The highest BCUT2D eigenvalue weighted by atomic mass is 16.6. The molecular formula is C17H24O3. The Morgan fingerprint density at radius 2 is 2.10 bits per heavy atom. The topological polar surface area (TPSA) is 35.5 Å². The maximum absolute atomic E-state index is 11.7. The Balaban J connectivity index is 1.58. The van der Waals surface area contributed by atoms with Gasteiger partial charge < -0.3 is 9.47 Å². The molecular weight excluding hydrogens is 252 g/mol. The summed E-state index contributed by atoms with van der Waals surface area (Å²) in [6.07, 6.45) is 5.68. The van der Waals surface area contributed by atoms with Crippen molar-refractivity contribution in [2.75, 3.05) is 13.2 Å². The highest BCUT2D eigenvalue weighted by Crippen LogP contribution is 2.13. The fraction of sp³-hybridized carbons (Fsp3) is 0.588. The molecule has 3 nitrogen and oxygen atoms in total. The molecule has 0 aromatic heterocycles. The van der Waals surface area contributed by atoms with Gasteiger partial charge in [0, 0.05) is 13.0 Å². The first-order chi connectivity index (χ1) is 9.74. The lowest BCUT2D eigenvalue weighted by atomic mass is 10.1. The van der Waals surface area contributed by atoms with E-state index in [2.05, 4.69) is 31.2 Å². The smallest absolute Gasteiger partial charge is 0.305 e. The summed E-state index contributed by atoms with van der Waals surface area (Å²) in [6.45, 7) is 3.30. The van der Waals surface area contributed by atoms with Crippen molar-refractivity contribution in [3.8, 4) is 0 Å². The van der Waals surface area contributed by atoms with E-state index in [1.54, 1.807) is 0 Å². The Labute approximate surface area is 121 Å². The summed E-state index contributed by atoms with van der Waals surface area (Å²) in [7, 11) is 0. The molecule has 1 aliphatic rings. The third-order valence-corrected chi connectivity index (χ3v) is 3.67. The van der Waals surface area contributed by atoms with Crippen LogP contribution in [0.4, 0.5) is 0 Å². The molecule has 0 N–H and O–H groups in total. The van der Waals surface area contributed by atoms with E-state index in [0.29, 0.717) is 13.0 Å². The molecule has 1 heterocycles. The fourth-order valence-electron chi connectivity index (χ4n) is 2.39. The number of benzene rings is 1. The first kappa shape index (κ1) is 15.0. The number of ether oxygens (including phenoxy) is 2. The molecule has 0 saturated carbocycles. The molecule has 20 heavy (non-hydrogen) atoms. The summed E-state index contributed by atoms with van der Waals surface area (Å²) in [4.78, 5) is 11.7. The lowest BCUT2D eigenvalue weighted by Gasteiger charge is -2.22. The van der Waals surface area contributed by atoms with Gasteiger partial charge in [0.05, 0.1) is 6.10 Å². The standard InChI is InChI=1S/C17H24O3/c1-14-8-10-15(11-9-14)5-4-7-17(18)20-13-16-6-2-3-12-19-16/h8-11,16H,2-7,12-13H2,1H3. The van der Waals surface area contributed by atoms with E-state index >= 15 is 0 Å². The largest absolute Gasteiger partial charge is 0.463 e. The van der Waals surface area contributed by atoms with E-state index in [-0.39, 0.29) is 12.1 Å². The zero-order chi connectivity index (χ0) is 14.2. The highest BCUT2D eigenvalue weighted by Gasteiger charge is 2.15. The highest BCUT2D eigenvalue weighted by molar-refractivity contribution is 5.69. The fourth-order valence-corrected chi connectivity index (χ4v) is 2.39. The van der Waals surface area contributed by atoms with Gasteiger partial charge in [0.25, 0.3) is 0 Å². The van der Waals surface area contributed by atoms with Crippen molar-refractivity contribution >= 4 is 5.97 Å². The normalized spacial score (nSPS) is 18.8. The van der Waals surface area contributed by atoms with Crippen LogP contribution in [0.2, 0.25) is 0 Å². The third-order valence-electron chi connectivity index (χ3n) is 3.67. The van der Waals surface area contributed by atoms with Crippen LogP contribution in [0.25, 0.3) is 0 Å².